The van der Waals surface area contributed by atoms with Crippen LogP contribution in [-0.2, 0) is 0 Å². The molecule has 0 radical (unpaired) electrons. The van der Waals surface area contributed by atoms with Gasteiger partial charge in [-0.15, -0.1) is 0 Å². The molecule has 1 aromatic heterocycles. The molecule has 0 spiro atoms. The van der Waals surface area contributed by atoms with Crippen LogP contribution in [0.25, 0.3) is 10.9 Å². The van der Waals surface area contributed by atoms with E-state index in [1.165, 1.54) is 18.3 Å². The fourth-order valence-electron chi connectivity index (χ4n) is 2.14. The average Bonchev–Trinajstić information content (AvgIpc) is 2.65. The van der Waals surface area contributed by atoms with Crippen LogP contribution in [-0.4, -0.2) is 29.4 Å². The van der Waals surface area contributed by atoms with E-state index in [1.807, 2.05) is 20.8 Å². The van der Waals surface area contributed by atoms with Crippen molar-refractivity contribution in [2.45, 2.75) is 20.8 Å². The number of hydrogen-bond donors (Lipinski definition) is 3. The van der Waals surface area contributed by atoms with Crippen LogP contribution in [0.15, 0.2) is 40.4 Å². The topological polar surface area (TPSA) is 104 Å². The number of aliphatic imine (C=N–C) groups is 2. The van der Waals surface area contributed by atoms with E-state index in [4.69, 9.17) is 5.73 Å². The van der Waals surface area contributed by atoms with E-state index in [-0.39, 0.29) is 11.3 Å². The van der Waals surface area contributed by atoms with Crippen LogP contribution in [0, 0.1) is 6.92 Å². The van der Waals surface area contributed by atoms with Crippen LogP contribution in [0.3, 0.4) is 0 Å². The van der Waals surface area contributed by atoms with Crippen molar-refractivity contribution in [3.63, 3.8) is 0 Å². The number of amides is 1. The quantitative estimate of drug-likeness (QED) is 0.739. The Morgan fingerprint density at radius 2 is 1.88 bits per heavy atom. The van der Waals surface area contributed by atoms with Crippen molar-refractivity contribution in [1.29, 1.82) is 0 Å². The minimum absolute atomic E-state index is 0.00931. The molecule has 6 nitrogen and oxygen atoms in total. The average molecular weight is 326 g/mol. The number of carbonyl (C=O) groups is 1. The molecular weight excluding hydrogens is 304 g/mol. The van der Waals surface area contributed by atoms with E-state index in [9.17, 15) is 9.90 Å². The summed E-state index contributed by atoms with van der Waals surface area (Å²) in [5, 5.41) is 10.3. The molecule has 2 rings (SSSR count). The van der Waals surface area contributed by atoms with Gasteiger partial charge in [-0.1, -0.05) is 25.5 Å². The summed E-state index contributed by atoms with van der Waals surface area (Å²) in [6.45, 7) is 12.9. The number of carbonyl (C=O) groups excluding carboxylic acids is 1. The largest absolute Gasteiger partial charge is 0.506 e. The van der Waals surface area contributed by atoms with Crippen LogP contribution in [0.4, 0.5) is 11.4 Å². The molecular formula is C18H22N4O2. The lowest BCUT2D eigenvalue weighted by atomic mass is 10.1. The van der Waals surface area contributed by atoms with E-state index < -0.39 is 5.91 Å². The van der Waals surface area contributed by atoms with E-state index in [0.29, 0.717) is 22.3 Å². The van der Waals surface area contributed by atoms with Crippen molar-refractivity contribution >= 4 is 41.6 Å². The molecule has 1 aromatic carbocycles. The highest BCUT2D eigenvalue weighted by Crippen LogP contribution is 2.36. The lowest BCUT2D eigenvalue weighted by molar-refractivity contribution is 0.100. The second kappa shape index (κ2) is 8.47. The second-order valence-corrected chi connectivity index (χ2v) is 4.70. The lowest BCUT2D eigenvalue weighted by Crippen LogP contribution is -2.11. The van der Waals surface area contributed by atoms with Crippen molar-refractivity contribution in [3.05, 3.63) is 41.6 Å². The van der Waals surface area contributed by atoms with Gasteiger partial charge in [0.1, 0.15) is 5.75 Å². The Kier molecular flexibility index (Phi) is 6.67. The number of nitrogens with one attached hydrogen (secondary N) is 1. The third-order valence-electron chi connectivity index (χ3n) is 3.16. The fraction of sp³-hybridized carbons (Fsp3) is 0.167. The maximum absolute atomic E-state index is 11.7. The smallest absolute Gasteiger partial charge is 0.250 e. The fourth-order valence-corrected chi connectivity index (χ4v) is 2.14. The molecule has 0 aliphatic carbocycles. The van der Waals surface area contributed by atoms with Crippen molar-refractivity contribution in [3.8, 4) is 5.75 Å². The van der Waals surface area contributed by atoms with Gasteiger partial charge in [0, 0.05) is 11.6 Å². The molecule has 0 saturated heterocycles. The molecule has 1 heterocycles. The van der Waals surface area contributed by atoms with Gasteiger partial charge in [-0.05, 0) is 38.6 Å². The zero-order chi connectivity index (χ0) is 18.3. The molecule has 0 aliphatic rings. The van der Waals surface area contributed by atoms with E-state index in [0.717, 1.165) is 5.56 Å². The number of H-pyrrole nitrogens is 1. The minimum atomic E-state index is -0.629. The molecule has 2 aromatic rings. The molecule has 24 heavy (non-hydrogen) atoms. The zero-order valence-electron chi connectivity index (χ0n) is 14.1. The van der Waals surface area contributed by atoms with Crippen LogP contribution in [0.1, 0.15) is 29.8 Å². The summed E-state index contributed by atoms with van der Waals surface area (Å²) < 4.78 is 0. The van der Waals surface area contributed by atoms with Crippen molar-refractivity contribution in [1.82, 2.24) is 4.98 Å². The van der Waals surface area contributed by atoms with Gasteiger partial charge in [0.25, 0.3) is 5.91 Å². The standard InChI is InChI=1S/C16H16N4O2.C2H6/c1-9-4-5-10(21)8-20-14-11(6-9)15(19-3)13(18-2)7-12(14)16(17)22;1-2/h4-8,20-21H,2-3H2,1H3,(H2,17,22);1-2H3. The Bertz CT molecular complexity index is 837. The SMILES string of the molecule is C=Nc1cc(C(N)=O)c2[nH]cc(O)ccc(C)cc2c1N=C.CC. The summed E-state index contributed by atoms with van der Waals surface area (Å²) in [5.74, 6) is -0.620. The van der Waals surface area contributed by atoms with Crippen molar-refractivity contribution in [2.75, 3.05) is 0 Å². The van der Waals surface area contributed by atoms with Crippen LogP contribution < -0.4 is 5.73 Å². The van der Waals surface area contributed by atoms with Gasteiger partial charge < -0.3 is 15.8 Å². The number of fused-ring (bicyclic) bond motifs is 1. The van der Waals surface area contributed by atoms with Crippen LogP contribution >= 0.6 is 0 Å². The molecule has 0 aliphatic heterocycles. The number of aromatic amines is 1. The Labute approximate surface area is 141 Å². The highest BCUT2D eigenvalue weighted by molar-refractivity contribution is 6.10. The van der Waals surface area contributed by atoms with Gasteiger partial charge in [0.15, 0.2) is 0 Å². The zero-order valence-corrected chi connectivity index (χ0v) is 14.1. The normalized spacial score (nSPS) is 9.46. The number of aryl methyl sites for hydroxylation is 1. The molecule has 4 N–H and O–H groups in total. The first-order valence-electron chi connectivity index (χ1n) is 7.44. The minimum Gasteiger partial charge on any atom is -0.506 e. The number of rotatable bonds is 3. The number of aromatic hydroxyl groups is 1. The number of hydrogen-bond acceptors (Lipinski definition) is 4. The van der Waals surface area contributed by atoms with Crippen LogP contribution in [0.2, 0.25) is 0 Å². The Morgan fingerprint density at radius 3 is 2.42 bits per heavy atom. The Balaban J connectivity index is 0.00000139. The molecule has 0 bridgehead atoms. The van der Waals surface area contributed by atoms with Crippen molar-refractivity contribution in [2.24, 2.45) is 15.7 Å². The molecule has 0 saturated carbocycles. The molecule has 0 unspecified atom stereocenters. The van der Waals surface area contributed by atoms with Gasteiger partial charge in [0.05, 0.1) is 22.5 Å². The van der Waals surface area contributed by atoms with Gasteiger partial charge in [-0.2, -0.15) is 0 Å². The summed E-state index contributed by atoms with van der Waals surface area (Å²) in [5.41, 5.74) is 7.82. The number of primary amides is 1. The highest BCUT2D eigenvalue weighted by Gasteiger charge is 2.13. The predicted octanol–water partition coefficient (Wildman–Crippen LogP) is 4.10. The van der Waals surface area contributed by atoms with Gasteiger partial charge >= 0.3 is 0 Å². The number of nitrogens with two attached hydrogens (primary N) is 1. The van der Waals surface area contributed by atoms with Gasteiger partial charge in [0.2, 0.25) is 0 Å². The maximum atomic E-state index is 11.7. The summed E-state index contributed by atoms with van der Waals surface area (Å²) in [6.07, 6.45) is 1.36. The summed E-state index contributed by atoms with van der Waals surface area (Å²) >= 11 is 0. The summed E-state index contributed by atoms with van der Waals surface area (Å²) in [7, 11) is 0. The van der Waals surface area contributed by atoms with Gasteiger partial charge in [-0.3, -0.25) is 14.8 Å². The highest BCUT2D eigenvalue weighted by atomic mass is 16.3. The van der Waals surface area contributed by atoms with Crippen molar-refractivity contribution < 1.29 is 9.90 Å². The Hall–Kier alpha value is -3.15. The monoisotopic (exact) mass is 326 g/mol. The first-order valence-corrected chi connectivity index (χ1v) is 7.44. The predicted molar refractivity (Wildman–Crippen MR) is 101 cm³/mol. The molecule has 126 valence electrons. The first kappa shape index (κ1) is 18.9. The van der Waals surface area contributed by atoms with E-state index in [2.05, 4.69) is 28.4 Å². The summed E-state index contributed by atoms with van der Waals surface area (Å²) in [6, 6.07) is 6.55. The molecule has 6 heteroatoms. The number of nitrogens with zero attached hydrogens (tertiary/aromatic N) is 2. The van der Waals surface area contributed by atoms with E-state index in [1.54, 1.807) is 12.1 Å². The Morgan fingerprint density at radius 1 is 1.21 bits per heavy atom. The molecule has 0 fully saturated rings. The number of benzene rings is 1. The molecule has 0 atom stereocenters. The number of aromatic nitrogens is 1. The third kappa shape index (κ3) is 3.98. The lowest BCUT2D eigenvalue weighted by Gasteiger charge is -2.08. The maximum Gasteiger partial charge on any atom is 0.250 e. The van der Waals surface area contributed by atoms with E-state index >= 15 is 0 Å². The molecule has 1 amide bonds. The first-order chi connectivity index (χ1) is 11.5. The van der Waals surface area contributed by atoms with Gasteiger partial charge in [-0.25, -0.2) is 0 Å². The second-order valence-electron chi connectivity index (χ2n) is 4.70. The summed E-state index contributed by atoms with van der Waals surface area (Å²) in [4.78, 5) is 22.5. The third-order valence-corrected chi connectivity index (χ3v) is 3.16. The van der Waals surface area contributed by atoms with Crippen LogP contribution in [0.5, 0.6) is 5.75 Å².